The molecule has 1 amide bonds. The number of amides is 1. The fourth-order valence-electron chi connectivity index (χ4n) is 2.80. The average molecular weight is 280 g/mol. The molecule has 21 heavy (non-hydrogen) atoms. The zero-order valence-corrected chi connectivity index (χ0v) is 11.8. The van der Waals surface area contributed by atoms with Gasteiger partial charge in [-0.3, -0.25) is 4.79 Å². The number of rotatable bonds is 2. The van der Waals surface area contributed by atoms with Crippen molar-refractivity contribution in [2.75, 3.05) is 11.1 Å². The third-order valence-electron chi connectivity index (χ3n) is 3.84. The first-order valence-electron chi connectivity index (χ1n) is 6.90. The molecule has 5 nitrogen and oxygen atoms in total. The first-order valence-corrected chi connectivity index (χ1v) is 6.90. The molecule has 2 heterocycles. The zero-order valence-electron chi connectivity index (χ0n) is 11.8. The fraction of sp³-hybridized carbons (Fsp3) is 0.250. The molecule has 0 unspecified atom stereocenters. The Morgan fingerprint density at radius 2 is 2.10 bits per heavy atom. The van der Waals surface area contributed by atoms with Gasteiger partial charge < -0.3 is 15.6 Å². The number of aromatic nitrogens is 1. The summed E-state index contributed by atoms with van der Waals surface area (Å²) in [5, 5.41) is 12.1. The molecular formula is C16H16N4O. The molecule has 1 aromatic heterocycles. The number of hydrogen-bond acceptors (Lipinski definition) is 3. The van der Waals surface area contributed by atoms with E-state index >= 15 is 0 Å². The predicted molar refractivity (Wildman–Crippen MR) is 81.0 cm³/mol. The van der Waals surface area contributed by atoms with E-state index in [1.165, 1.54) is 0 Å². The summed E-state index contributed by atoms with van der Waals surface area (Å²) < 4.78 is 1.87. The van der Waals surface area contributed by atoms with E-state index in [1.54, 1.807) is 0 Å². The lowest BCUT2D eigenvalue weighted by molar-refractivity contribution is 0.101. The number of benzene rings is 1. The SMILES string of the molecule is Cc1ccc(NC(=O)c2c(N)c(C#N)c3n2CCC3)cc1. The van der Waals surface area contributed by atoms with Gasteiger partial charge in [-0.1, -0.05) is 17.7 Å². The third-order valence-corrected chi connectivity index (χ3v) is 3.84. The van der Waals surface area contributed by atoms with Gasteiger partial charge in [0, 0.05) is 17.9 Å². The number of anilines is 2. The standard InChI is InChI=1S/C16H16N4O/c1-10-4-6-11(7-5-10)19-16(21)15-14(18)12(9-17)13-3-2-8-20(13)15/h4-7H,2-3,8,18H2,1H3,(H,19,21). The van der Waals surface area contributed by atoms with Gasteiger partial charge in [-0.2, -0.15) is 5.26 Å². The predicted octanol–water partition coefficient (Wildman–Crippen LogP) is 2.45. The van der Waals surface area contributed by atoms with Crippen LogP contribution in [0.15, 0.2) is 24.3 Å². The maximum atomic E-state index is 12.5. The van der Waals surface area contributed by atoms with Crippen molar-refractivity contribution in [2.45, 2.75) is 26.3 Å². The van der Waals surface area contributed by atoms with E-state index in [0.717, 1.165) is 36.3 Å². The lowest BCUT2D eigenvalue weighted by Crippen LogP contribution is -2.18. The molecule has 0 radical (unpaired) electrons. The minimum Gasteiger partial charge on any atom is -0.396 e. The van der Waals surface area contributed by atoms with Gasteiger partial charge in [0.05, 0.1) is 11.3 Å². The zero-order chi connectivity index (χ0) is 15.0. The van der Waals surface area contributed by atoms with E-state index in [4.69, 9.17) is 5.73 Å². The van der Waals surface area contributed by atoms with Crippen LogP contribution in [0.1, 0.15) is 33.7 Å². The number of carbonyl (C=O) groups is 1. The molecule has 0 aliphatic carbocycles. The second-order valence-corrected chi connectivity index (χ2v) is 5.27. The quantitative estimate of drug-likeness (QED) is 0.886. The molecule has 0 spiro atoms. The lowest BCUT2D eigenvalue weighted by atomic mass is 10.1. The highest BCUT2D eigenvalue weighted by atomic mass is 16.2. The van der Waals surface area contributed by atoms with Crippen molar-refractivity contribution in [1.82, 2.24) is 4.57 Å². The number of hydrogen-bond donors (Lipinski definition) is 2. The molecule has 1 aliphatic heterocycles. The third kappa shape index (κ3) is 2.15. The van der Waals surface area contributed by atoms with Gasteiger partial charge in [-0.15, -0.1) is 0 Å². The lowest BCUT2D eigenvalue weighted by Gasteiger charge is -2.09. The fourth-order valence-corrected chi connectivity index (χ4v) is 2.80. The van der Waals surface area contributed by atoms with Crippen LogP contribution in [0.2, 0.25) is 0 Å². The van der Waals surface area contributed by atoms with Gasteiger partial charge in [0.2, 0.25) is 0 Å². The molecule has 0 fully saturated rings. The summed E-state index contributed by atoms with van der Waals surface area (Å²) in [6.07, 6.45) is 1.74. The summed E-state index contributed by atoms with van der Waals surface area (Å²) in [4.78, 5) is 12.5. The van der Waals surface area contributed by atoms with Crippen molar-refractivity contribution in [3.05, 3.63) is 46.8 Å². The molecule has 3 N–H and O–H groups in total. The van der Waals surface area contributed by atoms with Crippen molar-refractivity contribution in [3.8, 4) is 6.07 Å². The van der Waals surface area contributed by atoms with Crippen LogP contribution in [0.25, 0.3) is 0 Å². The Bertz CT molecular complexity index is 750. The summed E-state index contributed by atoms with van der Waals surface area (Å²) in [6, 6.07) is 9.68. The Morgan fingerprint density at radius 3 is 2.76 bits per heavy atom. The highest BCUT2D eigenvalue weighted by molar-refractivity contribution is 6.07. The summed E-state index contributed by atoms with van der Waals surface area (Å²) >= 11 is 0. The highest BCUT2D eigenvalue weighted by Crippen LogP contribution is 2.31. The number of fused-ring (bicyclic) bond motifs is 1. The van der Waals surface area contributed by atoms with E-state index in [0.29, 0.717) is 11.3 Å². The second kappa shape index (κ2) is 4.98. The average Bonchev–Trinajstić information content (AvgIpc) is 3.00. The van der Waals surface area contributed by atoms with Crippen LogP contribution < -0.4 is 11.1 Å². The topological polar surface area (TPSA) is 83.8 Å². The molecule has 0 atom stereocenters. The highest BCUT2D eigenvalue weighted by Gasteiger charge is 2.28. The van der Waals surface area contributed by atoms with Crippen LogP contribution in [-0.4, -0.2) is 10.5 Å². The van der Waals surface area contributed by atoms with Gasteiger partial charge in [0.1, 0.15) is 11.8 Å². The van der Waals surface area contributed by atoms with E-state index in [-0.39, 0.29) is 11.6 Å². The van der Waals surface area contributed by atoms with Crippen molar-refractivity contribution >= 4 is 17.3 Å². The molecular weight excluding hydrogens is 264 g/mol. The van der Waals surface area contributed by atoms with E-state index in [9.17, 15) is 10.1 Å². The van der Waals surface area contributed by atoms with Crippen molar-refractivity contribution in [2.24, 2.45) is 0 Å². The Labute approximate surface area is 123 Å². The van der Waals surface area contributed by atoms with Gasteiger partial charge in [0.15, 0.2) is 0 Å². The van der Waals surface area contributed by atoms with Crippen LogP contribution in [0.5, 0.6) is 0 Å². The van der Waals surface area contributed by atoms with E-state index in [2.05, 4.69) is 11.4 Å². The molecule has 0 saturated carbocycles. The normalized spacial score (nSPS) is 12.8. The minimum atomic E-state index is -0.263. The Hall–Kier alpha value is -2.74. The van der Waals surface area contributed by atoms with E-state index < -0.39 is 0 Å². The van der Waals surface area contributed by atoms with Crippen molar-refractivity contribution < 1.29 is 4.79 Å². The van der Waals surface area contributed by atoms with Gasteiger partial charge in [-0.25, -0.2) is 0 Å². The van der Waals surface area contributed by atoms with Crippen LogP contribution in [0.3, 0.4) is 0 Å². The van der Waals surface area contributed by atoms with Crippen molar-refractivity contribution in [3.63, 3.8) is 0 Å². The number of aryl methyl sites for hydroxylation is 1. The molecule has 1 aromatic carbocycles. The molecule has 1 aliphatic rings. The van der Waals surface area contributed by atoms with Gasteiger partial charge >= 0.3 is 0 Å². The Morgan fingerprint density at radius 1 is 1.38 bits per heavy atom. The number of carbonyl (C=O) groups excluding carboxylic acids is 1. The van der Waals surface area contributed by atoms with Crippen LogP contribution in [0, 0.1) is 18.3 Å². The molecule has 0 bridgehead atoms. The number of nitrogens with two attached hydrogens (primary N) is 1. The number of nitrogen functional groups attached to an aromatic ring is 1. The molecule has 106 valence electrons. The first-order chi connectivity index (χ1) is 10.1. The first kappa shape index (κ1) is 13.3. The number of nitrogens with zero attached hydrogens (tertiary/aromatic N) is 2. The number of nitrogens with one attached hydrogen (secondary N) is 1. The van der Waals surface area contributed by atoms with E-state index in [1.807, 2.05) is 35.8 Å². The minimum absolute atomic E-state index is 0.263. The molecule has 5 heteroatoms. The van der Waals surface area contributed by atoms with Crippen LogP contribution >= 0.6 is 0 Å². The van der Waals surface area contributed by atoms with Gasteiger partial charge in [0.25, 0.3) is 5.91 Å². The maximum Gasteiger partial charge on any atom is 0.274 e. The summed E-state index contributed by atoms with van der Waals surface area (Å²) in [5.41, 5.74) is 9.86. The monoisotopic (exact) mass is 280 g/mol. The Balaban J connectivity index is 1.96. The summed E-state index contributed by atoms with van der Waals surface area (Å²) in [5.74, 6) is -0.263. The van der Waals surface area contributed by atoms with Crippen LogP contribution in [-0.2, 0) is 13.0 Å². The largest absolute Gasteiger partial charge is 0.396 e. The van der Waals surface area contributed by atoms with Gasteiger partial charge in [-0.05, 0) is 31.9 Å². The van der Waals surface area contributed by atoms with Crippen LogP contribution in [0.4, 0.5) is 11.4 Å². The summed E-state index contributed by atoms with van der Waals surface area (Å²) in [7, 11) is 0. The summed E-state index contributed by atoms with van der Waals surface area (Å²) in [6.45, 7) is 2.72. The maximum absolute atomic E-state index is 12.5. The second-order valence-electron chi connectivity index (χ2n) is 5.27. The Kier molecular flexibility index (Phi) is 3.15. The molecule has 3 rings (SSSR count). The number of nitriles is 1. The van der Waals surface area contributed by atoms with Crippen molar-refractivity contribution in [1.29, 1.82) is 5.26 Å². The molecule has 2 aromatic rings. The molecule has 0 saturated heterocycles. The smallest absolute Gasteiger partial charge is 0.274 e.